The van der Waals surface area contributed by atoms with Crippen LogP contribution in [0.25, 0.3) is 50.4 Å². The molecule has 4 aromatic heterocycles. The fourth-order valence-corrected chi connectivity index (χ4v) is 8.67. The lowest BCUT2D eigenvalue weighted by Crippen LogP contribution is -2.75. The van der Waals surface area contributed by atoms with Gasteiger partial charge in [-0.25, -0.2) is 0 Å². The first kappa shape index (κ1) is 25.1. The van der Waals surface area contributed by atoms with Crippen LogP contribution >= 0.6 is 0 Å². The van der Waals surface area contributed by atoms with Gasteiger partial charge in [0, 0.05) is 18.6 Å². The number of nitrogens with zero attached hydrogens (tertiary/aromatic N) is 5. The molecule has 0 aliphatic carbocycles. The van der Waals surface area contributed by atoms with Crippen LogP contribution in [0.15, 0.2) is 140 Å². The van der Waals surface area contributed by atoms with Gasteiger partial charge in [-0.1, -0.05) is 72.8 Å². The Hall–Kier alpha value is -6.14. The van der Waals surface area contributed by atoms with Crippen LogP contribution in [-0.4, -0.2) is 13.8 Å². The number of pyridine rings is 1. The van der Waals surface area contributed by atoms with Crippen molar-refractivity contribution in [3.8, 4) is 56.4 Å². The number of benzene rings is 4. The molecule has 4 aromatic carbocycles. The van der Waals surface area contributed by atoms with Crippen LogP contribution in [0.4, 0.5) is 0 Å². The Balaban J connectivity index is 1.20. The van der Waals surface area contributed by atoms with E-state index in [1.165, 1.54) is 50.3 Å². The van der Waals surface area contributed by atoms with Gasteiger partial charge >= 0.3 is 5.66 Å². The Labute approximate surface area is 271 Å². The molecule has 0 saturated carbocycles. The van der Waals surface area contributed by atoms with Gasteiger partial charge in [-0.05, 0) is 81.5 Å². The molecule has 0 N–H and O–H groups in total. The van der Waals surface area contributed by atoms with E-state index in [0.717, 1.165) is 34.1 Å². The summed E-state index contributed by atoms with van der Waals surface area (Å²) >= 11 is 0. The number of rotatable bonds is 3. The van der Waals surface area contributed by atoms with E-state index < -0.39 is 5.66 Å². The lowest BCUT2D eigenvalue weighted by Gasteiger charge is -2.23. The standard InChI is InChI=1S/C41H29N5O/c1-26-38(30-19-17-29(18-20-30)28-10-4-3-5-11-28)27(2)46-41-39-34(13-8-15-36(39)47-37-16-9-14-35(40(37)41)45(26)46)43-24-31(25-44(41)43)33-22-21-32-12-6-7-23-42(32)33/h3-25H,1-2H3/q+2. The number of hydrogen-bond donors (Lipinski definition) is 0. The SMILES string of the molecule is Cc1c(-c2ccc(-c3ccccc3)cc2)c(C)[n+]2n1-c1cccc3c1C21c2c(cccc2-n2cc(-c4ccc5ccccn45)c[n+]21)O3. The maximum atomic E-state index is 6.71. The van der Waals surface area contributed by atoms with Crippen molar-refractivity contribution in [1.29, 1.82) is 0 Å². The summed E-state index contributed by atoms with van der Waals surface area (Å²) in [5, 5.41) is 0. The van der Waals surface area contributed by atoms with Crippen molar-refractivity contribution in [3.05, 3.63) is 162 Å². The molecule has 0 fully saturated rings. The molecule has 3 aliphatic heterocycles. The summed E-state index contributed by atoms with van der Waals surface area (Å²) in [6.07, 6.45) is 6.74. The first-order valence-corrected chi connectivity index (χ1v) is 16.1. The summed E-state index contributed by atoms with van der Waals surface area (Å²) in [5.74, 6) is 1.79. The zero-order chi connectivity index (χ0) is 31.0. The smallest absolute Gasteiger partial charge is 0.455 e. The van der Waals surface area contributed by atoms with E-state index in [1.807, 2.05) is 0 Å². The van der Waals surface area contributed by atoms with Crippen LogP contribution in [-0.2, 0) is 5.66 Å². The molecule has 1 unspecified atom stereocenters. The summed E-state index contributed by atoms with van der Waals surface area (Å²) in [6, 6.07) is 43.3. The highest BCUT2D eigenvalue weighted by Gasteiger charge is 2.74. The molecule has 0 bridgehead atoms. The highest BCUT2D eigenvalue weighted by Crippen LogP contribution is 2.55. The second-order valence-electron chi connectivity index (χ2n) is 12.8. The monoisotopic (exact) mass is 607 g/mol. The van der Waals surface area contributed by atoms with Gasteiger partial charge in [0.2, 0.25) is 11.9 Å². The molecule has 1 atom stereocenters. The molecular weight excluding hydrogens is 578 g/mol. The maximum Gasteiger partial charge on any atom is 0.469 e. The average Bonchev–Trinajstić information content (AvgIpc) is 3.90. The Morgan fingerprint density at radius 3 is 2.13 bits per heavy atom. The Kier molecular flexibility index (Phi) is 4.57. The first-order valence-electron chi connectivity index (χ1n) is 16.1. The Morgan fingerprint density at radius 2 is 1.32 bits per heavy atom. The normalized spacial score (nSPS) is 16.1. The molecule has 1 spiro atoms. The molecule has 222 valence electrons. The van der Waals surface area contributed by atoms with Gasteiger partial charge in [-0.2, -0.15) is 0 Å². The lowest BCUT2D eigenvalue weighted by atomic mass is 9.86. The van der Waals surface area contributed by atoms with Crippen LogP contribution < -0.4 is 14.1 Å². The molecule has 47 heavy (non-hydrogen) atoms. The molecule has 6 nitrogen and oxygen atoms in total. The molecule has 7 heterocycles. The minimum atomic E-state index is -0.668. The zero-order valence-corrected chi connectivity index (χ0v) is 25.9. The highest BCUT2D eigenvalue weighted by molar-refractivity contribution is 5.75. The molecule has 8 aromatic rings. The minimum absolute atomic E-state index is 0.668. The predicted molar refractivity (Wildman–Crippen MR) is 180 cm³/mol. The summed E-state index contributed by atoms with van der Waals surface area (Å²) < 4.78 is 18.7. The Bertz CT molecular complexity index is 2620. The lowest BCUT2D eigenvalue weighted by molar-refractivity contribution is -1.02. The van der Waals surface area contributed by atoms with Crippen LogP contribution in [0.1, 0.15) is 22.5 Å². The third kappa shape index (κ3) is 2.92. The van der Waals surface area contributed by atoms with Crippen molar-refractivity contribution in [3.63, 3.8) is 0 Å². The fourth-order valence-electron chi connectivity index (χ4n) is 8.67. The first-order chi connectivity index (χ1) is 23.1. The second-order valence-corrected chi connectivity index (χ2v) is 12.8. The second kappa shape index (κ2) is 8.56. The number of fused-ring (bicyclic) bond motifs is 5. The zero-order valence-electron chi connectivity index (χ0n) is 25.9. The number of hydrogen-bond acceptors (Lipinski definition) is 1. The highest BCUT2D eigenvalue weighted by atomic mass is 16.5. The van der Waals surface area contributed by atoms with Crippen LogP contribution in [0.3, 0.4) is 0 Å². The van der Waals surface area contributed by atoms with Crippen LogP contribution in [0.5, 0.6) is 11.5 Å². The molecule has 11 rings (SSSR count). The fraction of sp³-hybridized carbons (Fsp3) is 0.0732. The predicted octanol–water partition coefficient (Wildman–Crippen LogP) is 7.74. The van der Waals surface area contributed by atoms with Crippen LogP contribution in [0, 0.1) is 13.8 Å². The molecular formula is C41H29N5O+2. The van der Waals surface area contributed by atoms with Crippen molar-refractivity contribution in [2.75, 3.05) is 0 Å². The van der Waals surface area contributed by atoms with E-state index in [1.54, 1.807) is 0 Å². The van der Waals surface area contributed by atoms with E-state index in [0.29, 0.717) is 0 Å². The average molecular weight is 608 g/mol. The number of aromatic nitrogens is 5. The van der Waals surface area contributed by atoms with E-state index >= 15 is 0 Å². The largest absolute Gasteiger partial charge is 0.469 e. The summed E-state index contributed by atoms with van der Waals surface area (Å²) in [7, 11) is 0. The van der Waals surface area contributed by atoms with Crippen molar-refractivity contribution >= 4 is 5.52 Å². The van der Waals surface area contributed by atoms with Gasteiger partial charge in [0.15, 0.2) is 11.1 Å². The van der Waals surface area contributed by atoms with Gasteiger partial charge in [0.1, 0.15) is 22.9 Å². The van der Waals surface area contributed by atoms with Gasteiger partial charge in [-0.3, -0.25) is 0 Å². The summed E-state index contributed by atoms with van der Waals surface area (Å²) in [6.45, 7) is 4.53. The van der Waals surface area contributed by atoms with E-state index in [2.05, 4.69) is 177 Å². The van der Waals surface area contributed by atoms with Gasteiger partial charge in [-0.15, -0.1) is 9.36 Å². The summed E-state index contributed by atoms with van der Waals surface area (Å²) in [4.78, 5) is 0. The van der Waals surface area contributed by atoms with E-state index in [4.69, 9.17) is 4.74 Å². The molecule has 3 aliphatic rings. The van der Waals surface area contributed by atoms with Crippen molar-refractivity contribution in [2.24, 2.45) is 0 Å². The van der Waals surface area contributed by atoms with Gasteiger partial charge < -0.3 is 9.14 Å². The molecule has 6 heteroatoms. The number of ether oxygens (including phenoxy) is 1. The van der Waals surface area contributed by atoms with E-state index in [-0.39, 0.29) is 0 Å². The van der Waals surface area contributed by atoms with Gasteiger partial charge in [0.05, 0.1) is 28.7 Å². The molecule has 0 radical (unpaired) electrons. The van der Waals surface area contributed by atoms with Crippen molar-refractivity contribution < 1.29 is 14.1 Å². The molecule has 0 amide bonds. The Morgan fingerprint density at radius 1 is 0.617 bits per heavy atom. The quantitative estimate of drug-likeness (QED) is 0.189. The molecule has 0 saturated heterocycles. The van der Waals surface area contributed by atoms with Crippen LogP contribution in [0.2, 0.25) is 0 Å². The maximum absolute atomic E-state index is 6.71. The van der Waals surface area contributed by atoms with Crippen molar-refractivity contribution in [2.45, 2.75) is 19.5 Å². The third-order valence-electron chi connectivity index (χ3n) is 10.5. The van der Waals surface area contributed by atoms with Gasteiger partial charge in [0.25, 0.3) is 0 Å². The van der Waals surface area contributed by atoms with E-state index in [9.17, 15) is 0 Å². The van der Waals surface area contributed by atoms with Crippen molar-refractivity contribution in [1.82, 2.24) is 13.8 Å². The minimum Gasteiger partial charge on any atom is -0.455 e. The third-order valence-corrected chi connectivity index (χ3v) is 10.5. The summed E-state index contributed by atoms with van der Waals surface area (Å²) in [5.41, 5.74) is 14.8. The topological polar surface area (TPSA) is 31.3 Å².